The lowest BCUT2D eigenvalue weighted by Gasteiger charge is -2.24. The lowest BCUT2D eigenvalue weighted by molar-refractivity contribution is -0.131. The summed E-state index contributed by atoms with van der Waals surface area (Å²) in [5.74, 6) is -1.44. The maximum Gasteiger partial charge on any atom is 0.243 e. The van der Waals surface area contributed by atoms with Gasteiger partial charge in [0.1, 0.15) is 12.1 Å². The van der Waals surface area contributed by atoms with E-state index in [1.54, 1.807) is 20.8 Å². The normalized spacial score (nSPS) is 13.5. The van der Waals surface area contributed by atoms with Crippen molar-refractivity contribution in [1.29, 1.82) is 0 Å². The van der Waals surface area contributed by atoms with E-state index in [0.29, 0.717) is 0 Å². The minimum atomic E-state index is -0.806. The second kappa shape index (κ2) is 7.56. The molecule has 6 nitrogen and oxygen atoms in total. The number of carbonyl (C=O) groups is 3. The van der Waals surface area contributed by atoms with Crippen molar-refractivity contribution in [2.24, 2.45) is 11.7 Å². The first kappa shape index (κ1) is 17.2. The maximum atomic E-state index is 12.1. The van der Waals surface area contributed by atoms with Crippen molar-refractivity contribution in [2.45, 2.75) is 46.2 Å². The van der Waals surface area contributed by atoms with Crippen LogP contribution in [0.1, 0.15) is 34.1 Å². The fourth-order valence-electron chi connectivity index (χ4n) is 1.59. The Balaban J connectivity index is 4.80. The molecular weight excluding hydrogens is 246 g/mol. The van der Waals surface area contributed by atoms with E-state index < -0.39 is 23.9 Å². The molecule has 0 saturated heterocycles. The van der Waals surface area contributed by atoms with Crippen molar-refractivity contribution in [1.82, 2.24) is 10.6 Å². The topological polar surface area (TPSA) is 101 Å². The Morgan fingerprint density at radius 1 is 1.16 bits per heavy atom. The van der Waals surface area contributed by atoms with Gasteiger partial charge in [0, 0.05) is 6.92 Å². The van der Waals surface area contributed by atoms with Crippen LogP contribution in [0.15, 0.2) is 12.2 Å². The van der Waals surface area contributed by atoms with Gasteiger partial charge >= 0.3 is 0 Å². The van der Waals surface area contributed by atoms with Gasteiger partial charge in [0.25, 0.3) is 0 Å². The molecule has 6 heteroatoms. The van der Waals surface area contributed by atoms with E-state index in [2.05, 4.69) is 17.2 Å². The Kier molecular flexibility index (Phi) is 6.82. The zero-order valence-electron chi connectivity index (χ0n) is 11.9. The molecule has 108 valence electrons. The molecule has 0 rings (SSSR count). The zero-order valence-corrected chi connectivity index (χ0v) is 11.9. The number of hydrogen-bond acceptors (Lipinski definition) is 3. The second-order valence-electron chi connectivity index (χ2n) is 5.05. The molecule has 0 aromatic heterocycles. The van der Waals surface area contributed by atoms with Crippen LogP contribution in [0.25, 0.3) is 0 Å². The zero-order chi connectivity index (χ0) is 15.2. The fraction of sp³-hybridized carbons (Fsp3) is 0.615. The molecule has 4 N–H and O–H groups in total. The minimum Gasteiger partial charge on any atom is -0.368 e. The number of primary amides is 1. The number of amides is 3. The molecule has 0 unspecified atom stereocenters. The minimum absolute atomic E-state index is 0.0951. The van der Waals surface area contributed by atoms with E-state index in [1.165, 1.54) is 6.92 Å². The van der Waals surface area contributed by atoms with Crippen LogP contribution in [0, 0.1) is 5.92 Å². The standard InChI is InChI=1S/C13H23N3O3/c1-7(2)6-10(12(14)18)16-13(19)11(8(3)4)15-9(5)17/h8,10-11H,1,6H2,2-5H3,(H2,14,18)(H,15,17)(H,16,19)/t10-,11-/m1/s1. The molecule has 0 saturated carbocycles. The van der Waals surface area contributed by atoms with Crippen LogP contribution in [-0.2, 0) is 14.4 Å². The third kappa shape index (κ3) is 6.59. The Labute approximate surface area is 113 Å². The number of hydrogen-bond donors (Lipinski definition) is 3. The van der Waals surface area contributed by atoms with Gasteiger partial charge in [-0.3, -0.25) is 14.4 Å². The number of rotatable bonds is 7. The first-order valence-electron chi connectivity index (χ1n) is 6.16. The average molecular weight is 269 g/mol. The van der Waals surface area contributed by atoms with Crippen molar-refractivity contribution in [3.05, 3.63) is 12.2 Å². The second-order valence-corrected chi connectivity index (χ2v) is 5.05. The van der Waals surface area contributed by atoms with Gasteiger partial charge in [-0.25, -0.2) is 0 Å². The Morgan fingerprint density at radius 2 is 1.68 bits per heavy atom. The summed E-state index contributed by atoms with van der Waals surface area (Å²) in [5, 5.41) is 5.10. The Bertz CT molecular complexity index is 377. The number of carbonyl (C=O) groups excluding carboxylic acids is 3. The number of nitrogens with one attached hydrogen (secondary N) is 2. The molecule has 0 aromatic carbocycles. The highest BCUT2D eigenvalue weighted by molar-refractivity contribution is 5.91. The molecule has 0 radical (unpaired) electrons. The van der Waals surface area contributed by atoms with Gasteiger partial charge < -0.3 is 16.4 Å². The van der Waals surface area contributed by atoms with E-state index >= 15 is 0 Å². The van der Waals surface area contributed by atoms with Crippen LogP contribution in [0.2, 0.25) is 0 Å². The summed E-state index contributed by atoms with van der Waals surface area (Å²) in [6.07, 6.45) is 0.284. The number of nitrogens with two attached hydrogens (primary N) is 1. The molecule has 2 atom stereocenters. The third-order valence-electron chi connectivity index (χ3n) is 2.52. The molecule has 0 spiro atoms. The van der Waals surface area contributed by atoms with Crippen LogP contribution in [0.5, 0.6) is 0 Å². The SMILES string of the molecule is C=C(C)C[C@@H](NC(=O)[C@H](NC(C)=O)C(C)C)C(N)=O. The highest BCUT2D eigenvalue weighted by Gasteiger charge is 2.26. The fourth-order valence-corrected chi connectivity index (χ4v) is 1.59. The molecular formula is C13H23N3O3. The predicted molar refractivity (Wildman–Crippen MR) is 73.0 cm³/mol. The first-order chi connectivity index (χ1) is 8.65. The molecule has 0 heterocycles. The smallest absolute Gasteiger partial charge is 0.243 e. The molecule has 0 bridgehead atoms. The summed E-state index contributed by atoms with van der Waals surface area (Å²) in [4.78, 5) is 34.4. The summed E-state index contributed by atoms with van der Waals surface area (Å²) in [5.41, 5.74) is 5.97. The van der Waals surface area contributed by atoms with Gasteiger partial charge in [-0.15, -0.1) is 6.58 Å². The van der Waals surface area contributed by atoms with Gasteiger partial charge in [-0.1, -0.05) is 19.4 Å². The molecule has 0 aliphatic heterocycles. The van der Waals surface area contributed by atoms with Crippen molar-refractivity contribution in [2.75, 3.05) is 0 Å². The van der Waals surface area contributed by atoms with Gasteiger partial charge in [-0.2, -0.15) is 0 Å². The van der Waals surface area contributed by atoms with Crippen LogP contribution in [0.3, 0.4) is 0 Å². The van der Waals surface area contributed by atoms with E-state index in [4.69, 9.17) is 5.73 Å². The van der Waals surface area contributed by atoms with Crippen LogP contribution in [-0.4, -0.2) is 29.8 Å². The van der Waals surface area contributed by atoms with Gasteiger partial charge in [0.15, 0.2) is 0 Å². The van der Waals surface area contributed by atoms with Crippen molar-refractivity contribution >= 4 is 17.7 Å². The van der Waals surface area contributed by atoms with E-state index in [-0.39, 0.29) is 18.2 Å². The Morgan fingerprint density at radius 3 is 2.00 bits per heavy atom. The molecule has 3 amide bonds. The lowest BCUT2D eigenvalue weighted by Crippen LogP contribution is -2.54. The van der Waals surface area contributed by atoms with Gasteiger partial charge in [0.05, 0.1) is 0 Å². The largest absolute Gasteiger partial charge is 0.368 e. The van der Waals surface area contributed by atoms with Crippen LogP contribution in [0.4, 0.5) is 0 Å². The highest BCUT2D eigenvalue weighted by Crippen LogP contribution is 2.06. The van der Waals surface area contributed by atoms with Crippen LogP contribution >= 0.6 is 0 Å². The highest BCUT2D eigenvalue weighted by atomic mass is 16.2. The van der Waals surface area contributed by atoms with Crippen LogP contribution < -0.4 is 16.4 Å². The first-order valence-corrected chi connectivity index (χ1v) is 6.16. The van der Waals surface area contributed by atoms with Crippen molar-refractivity contribution in [3.8, 4) is 0 Å². The average Bonchev–Trinajstić information content (AvgIpc) is 2.23. The van der Waals surface area contributed by atoms with Gasteiger partial charge in [0.2, 0.25) is 17.7 Å². The summed E-state index contributed by atoms with van der Waals surface area (Å²) in [7, 11) is 0. The molecule has 0 fully saturated rings. The van der Waals surface area contributed by atoms with E-state index in [1.807, 2.05) is 0 Å². The molecule has 0 aromatic rings. The Hall–Kier alpha value is -1.85. The van der Waals surface area contributed by atoms with Crippen molar-refractivity contribution < 1.29 is 14.4 Å². The molecule has 0 aliphatic carbocycles. The van der Waals surface area contributed by atoms with Crippen molar-refractivity contribution in [3.63, 3.8) is 0 Å². The maximum absolute atomic E-state index is 12.1. The predicted octanol–water partition coefficient (Wildman–Crippen LogP) is 0.0834. The molecule has 19 heavy (non-hydrogen) atoms. The summed E-state index contributed by atoms with van der Waals surface area (Å²) in [6, 6.07) is -1.50. The van der Waals surface area contributed by atoms with Gasteiger partial charge in [-0.05, 0) is 19.3 Å². The molecule has 0 aliphatic rings. The summed E-state index contributed by atoms with van der Waals surface area (Å²) in [6.45, 7) is 10.4. The summed E-state index contributed by atoms with van der Waals surface area (Å²) < 4.78 is 0. The van der Waals surface area contributed by atoms with E-state index in [9.17, 15) is 14.4 Å². The summed E-state index contributed by atoms with van der Waals surface area (Å²) >= 11 is 0. The monoisotopic (exact) mass is 269 g/mol. The third-order valence-corrected chi connectivity index (χ3v) is 2.52. The quantitative estimate of drug-likeness (QED) is 0.570. The lowest BCUT2D eigenvalue weighted by atomic mass is 10.0. The van der Waals surface area contributed by atoms with E-state index in [0.717, 1.165) is 5.57 Å².